The van der Waals surface area contributed by atoms with E-state index in [0.717, 1.165) is 4.90 Å². The first-order valence-electron chi connectivity index (χ1n) is 7.58. The topological polar surface area (TPSA) is 107 Å². The lowest BCUT2D eigenvalue weighted by Gasteiger charge is -2.22. The SMILES string of the molecule is CCCN(CSc1ccccc1)S(=O)(=O)c1cccc([N+](=O)[O-])c1N. The monoisotopic (exact) mass is 381 g/mol. The van der Waals surface area contributed by atoms with Crippen LogP contribution in [0.25, 0.3) is 0 Å². The Morgan fingerprint density at radius 3 is 2.44 bits per heavy atom. The minimum atomic E-state index is -3.94. The third kappa shape index (κ3) is 4.50. The van der Waals surface area contributed by atoms with Crippen LogP contribution in [-0.4, -0.2) is 30.1 Å². The van der Waals surface area contributed by atoms with Crippen LogP contribution in [0.5, 0.6) is 0 Å². The Hall–Kier alpha value is -2.10. The van der Waals surface area contributed by atoms with E-state index >= 15 is 0 Å². The summed E-state index contributed by atoms with van der Waals surface area (Å²) < 4.78 is 27.2. The average molecular weight is 381 g/mol. The maximum Gasteiger partial charge on any atom is 0.293 e. The van der Waals surface area contributed by atoms with Gasteiger partial charge < -0.3 is 5.73 Å². The Labute approximate surface area is 151 Å². The number of nitrogen functional groups attached to an aromatic ring is 1. The van der Waals surface area contributed by atoms with Crippen LogP contribution in [0.3, 0.4) is 0 Å². The number of nitro benzene ring substituents is 1. The highest BCUT2D eigenvalue weighted by atomic mass is 32.2. The van der Waals surface area contributed by atoms with Crippen LogP contribution in [0.2, 0.25) is 0 Å². The molecule has 0 aliphatic heterocycles. The van der Waals surface area contributed by atoms with Crippen LogP contribution in [-0.2, 0) is 10.0 Å². The van der Waals surface area contributed by atoms with Gasteiger partial charge in [0.2, 0.25) is 10.0 Å². The summed E-state index contributed by atoms with van der Waals surface area (Å²) >= 11 is 1.38. The predicted octanol–water partition coefficient (Wildman–Crippen LogP) is 3.33. The van der Waals surface area contributed by atoms with Crippen LogP contribution in [0.1, 0.15) is 13.3 Å². The minimum absolute atomic E-state index is 0.197. The zero-order chi connectivity index (χ0) is 18.4. The van der Waals surface area contributed by atoms with E-state index in [-0.39, 0.29) is 16.5 Å². The van der Waals surface area contributed by atoms with Crippen molar-refractivity contribution < 1.29 is 13.3 Å². The lowest BCUT2D eigenvalue weighted by Crippen LogP contribution is -2.32. The molecule has 0 radical (unpaired) electrons. The minimum Gasteiger partial charge on any atom is -0.392 e. The fraction of sp³-hybridized carbons (Fsp3) is 0.250. The molecule has 0 bridgehead atoms. The van der Waals surface area contributed by atoms with Crippen molar-refractivity contribution in [3.63, 3.8) is 0 Å². The van der Waals surface area contributed by atoms with E-state index in [1.807, 2.05) is 37.3 Å². The van der Waals surface area contributed by atoms with Gasteiger partial charge in [-0.1, -0.05) is 31.2 Å². The molecule has 0 heterocycles. The first-order valence-corrected chi connectivity index (χ1v) is 10.0. The number of hydrogen-bond donors (Lipinski definition) is 1. The van der Waals surface area contributed by atoms with E-state index in [9.17, 15) is 18.5 Å². The van der Waals surface area contributed by atoms with E-state index in [4.69, 9.17) is 5.73 Å². The molecule has 25 heavy (non-hydrogen) atoms. The molecule has 134 valence electrons. The maximum absolute atomic E-state index is 12.9. The average Bonchev–Trinajstić information content (AvgIpc) is 2.59. The molecule has 7 nitrogen and oxygen atoms in total. The molecule has 0 atom stereocenters. The number of rotatable bonds is 8. The molecule has 0 amide bonds. The van der Waals surface area contributed by atoms with Crippen molar-refractivity contribution in [3.05, 3.63) is 58.6 Å². The number of nitrogens with two attached hydrogens (primary N) is 1. The van der Waals surface area contributed by atoms with Crippen molar-refractivity contribution in [2.75, 3.05) is 18.2 Å². The normalized spacial score (nSPS) is 11.6. The Bertz CT molecular complexity index is 842. The third-order valence-corrected chi connectivity index (χ3v) is 6.56. The lowest BCUT2D eigenvalue weighted by atomic mass is 10.3. The molecule has 2 aromatic rings. The molecule has 0 aliphatic rings. The summed E-state index contributed by atoms with van der Waals surface area (Å²) in [5, 5.41) is 11.0. The highest BCUT2D eigenvalue weighted by molar-refractivity contribution is 8.00. The Morgan fingerprint density at radius 1 is 1.16 bits per heavy atom. The van der Waals surface area contributed by atoms with Gasteiger partial charge in [0.05, 0.1) is 10.8 Å². The van der Waals surface area contributed by atoms with Crippen molar-refractivity contribution >= 4 is 33.2 Å². The van der Waals surface area contributed by atoms with Crippen LogP contribution >= 0.6 is 11.8 Å². The van der Waals surface area contributed by atoms with Gasteiger partial charge in [0, 0.05) is 17.5 Å². The summed E-state index contributed by atoms with van der Waals surface area (Å²) in [7, 11) is -3.94. The van der Waals surface area contributed by atoms with Crippen LogP contribution in [0, 0.1) is 10.1 Å². The van der Waals surface area contributed by atoms with Gasteiger partial charge in [-0.05, 0) is 24.6 Å². The second-order valence-corrected chi connectivity index (χ2v) is 8.14. The molecule has 0 unspecified atom stereocenters. The molecule has 2 N–H and O–H groups in total. The highest BCUT2D eigenvalue weighted by Crippen LogP contribution is 2.31. The van der Waals surface area contributed by atoms with Gasteiger partial charge in [0.25, 0.3) is 5.69 Å². The Kier molecular flexibility index (Phi) is 6.40. The van der Waals surface area contributed by atoms with Crippen molar-refractivity contribution in [1.82, 2.24) is 4.31 Å². The summed E-state index contributed by atoms with van der Waals surface area (Å²) in [5.41, 5.74) is 5.01. The third-order valence-electron chi connectivity index (χ3n) is 3.45. The molecule has 9 heteroatoms. The van der Waals surface area contributed by atoms with Crippen molar-refractivity contribution in [3.8, 4) is 0 Å². The van der Waals surface area contributed by atoms with Crippen molar-refractivity contribution in [2.45, 2.75) is 23.1 Å². The van der Waals surface area contributed by atoms with Gasteiger partial charge in [-0.2, -0.15) is 4.31 Å². The van der Waals surface area contributed by atoms with E-state index in [0.29, 0.717) is 13.0 Å². The number of sulfonamides is 1. The number of anilines is 1. The second-order valence-electron chi connectivity index (χ2n) is 5.21. The van der Waals surface area contributed by atoms with E-state index in [1.165, 1.54) is 34.3 Å². The molecule has 0 spiro atoms. The fourth-order valence-electron chi connectivity index (χ4n) is 2.22. The van der Waals surface area contributed by atoms with Crippen LogP contribution < -0.4 is 5.73 Å². The van der Waals surface area contributed by atoms with Crippen molar-refractivity contribution in [1.29, 1.82) is 0 Å². The number of nitrogens with zero attached hydrogens (tertiary/aromatic N) is 2. The molecule has 0 saturated heterocycles. The lowest BCUT2D eigenvalue weighted by molar-refractivity contribution is -0.384. The highest BCUT2D eigenvalue weighted by Gasteiger charge is 2.29. The summed E-state index contributed by atoms with van der Waals surface area (Å²) in [6, 6.07) is 13.2. The van der Waals surface area contributed by atoms with E-state index in [1.54, 1.807) is 0 Å². The Balaban J connectivity index is 2.33. The summed E-state index contributed by atoms with van der Waals surface area (Å²) in [6.45, 7) is 2.16. The van der Waals surface area contributed by atoms with Gasteiger partial charge in [-0.15, -0.1) is 11.8 Å². The molecule has 0 saturated carbocycles. The summed E-state index contributed by atoms with van der Waals surface area (Å²) in [5.74, 6) is 0.197. The molecular formula is C16H19N3O4S2. The number of benzene rings is 2. The molecule has 2 aromatic carbocycles. The second kappa shape index (κ2) is 8.32. The zero-order valence-corrected chi connectivity index (χ0v) is 15.3. The van der Waals surface area contributed by atoms with Crippen LogP contribution in [0.4, 0.5) is 11.4 Å². The van der Waals surface area contributed by atoms with Crippen molar-refractivity contribution in [2.24, 2.45) is 0 Å². The zero-order valence-electron chi connectivity index (χ0n) is 13.7. The van der Waals surface area contributed by atoms with Gasteiger partial charge in [-0.25, -0.2) is 8.42 Å². The van der Waals surface area contributed by atoms with E-state index < -0.39 is 20.6 Å². The predicted molar refractivity (Wildman–Crippen MR) is 98.9 cm³/mol. The largest absolute Gasteiger partial charge is 0.392 e. The number of hydrogen-bond acceptors (Lipinski definition) is 6. The number of para-hydroxylation sites is 1. The van der Waals surface area contributed by atoms with Gasteiger partial charge in [0.15, 0.2) is 0 Å². The molecule has 2 rings (SSSR count). The quantitative estimate of drug-likeness (QED) is 0.247. The van der Waals surface area contributed by atoms with Gasteiger partial charge in [-0.3, -0.25) is 10.1 Å². The van der Waals surface area contributed by atoms with Crippen LogP contribution in [0.15, 0.2) is 58.3 Å². The smallest absolute Gasteiger partial charge is 0.293 e. The standard InChI is InChI=1S/C16H19N3O4S2/c1-2-11-18(12-24-13-7-4-3-5-8-13)25(22,23)15-10-6-9-14(16(15)17)19(20)21/h3-10H,2,11-12,17H2,1H3. The number of nitro groups is 1. The summed E-state index contributed by atoms with van der Waals surface area (Å²) in [6.07, 6.45) is 0.614. The maximum atomic E-state index is 12.9. The molecule has 0 aliphatic carbocycles. The fourth-order valence-corrected chi connectivity index (χ4v) is 5.04. The van der Waals surface area contributed by atoms with E-state index in [2.05, 4.69) is 0 Å². The van der Waals surface area contributed by atoms with Gasteiger partial charge in [0.1, 0.15) is 10.6 Å². The molecule has 0 fully saturated rings. The van der Waals surface area contributed by atoms with Gasteiger partial charge >= 0.3 is 0 Å². The number of thioether (sulfide) groups is 1. The Morgan fingerprint density at radius 2 is 1.84 bits per heavy atom. The first-order chi connectivity index (χ1) is 11.9. The summed E-state index contributed by atoms with van der Waals surface area (Å²) in [4.78, 5) is 11.0. The molecular weight excluding hydrogens is 362 g/mol. The first kappa shape index (κ1) is 19.2. The molecule has 0 aromatic heterocycles.